The second-order valence-electron chi connectivity index (χ2n) is 5.16. The lowest BCUT2D eigenvalue weighted by atomic mass is 10.1. The molecule has 0 radical (unpaired) electrons. The van der Waals surface area contributed by atoms with Crippen molar-refractivity contribution in [2.45, 2.75) is 39.2 Å². The number of aromatic nitrogens is 2. The zero-order valence-electron chi connectivity index (χ0n) is 13.1. The Morgan fingerprint density at radius 2 is 2.17 bits per heavy atom. The summed E-state index contributed by atoms with van der Waals surface area (Å²) in [5, 5.41) is 12.4. The van der Waals surface area contributed by atoms with Crippen molar-refractivity contribution < 1.29 is 14.7 Å². The summed E-state index contributed by atoms with van der Waals surface area (Å²) in [5.41, 5.74) is 1.27. The van der Waals surface area contributed by atoms with Gasteiger partial charge >= 0.3 is 5.97 Å². The summed E-state index contributed by atoms with van der Waals surface area (Å²) in [6.45, 7) is 3.72. The van der Waals surface area contributed by atoms with E-state index in [0.29, 0.717) is 27.7 Å². The Morgan fingerprint density at radius 1 is 1.39 bits per heavy atom. The van der Waals surface area contributed by atoms with Gasteiger partial charge in [-0.1, -0.05) is 25.8 Å². The molecular formula is C16H19N3O3S. The first kappa shape index (κ1) is 17.1. The Hall–Kier alpha value is -2.28. The van der Waals surface area contributed by atoms with Gasteiger partial charge in [0.2, 0.25) is 0 Å². The summed E-state index contributed by atoms with van der Waals surface area (Å²) in [5.74, 6) is -1.41. The average Bonchev–Trinajstić information content (AvgIpc) is 2.94. The van der Waals surface area contributed by atoms with E-state index < -0.39 is 17.9 Å². The topological polar surface area (TPSA) is 92.2 Å². The normalized spacial score (nSPS) is 11.9. The fourth-order valence-corrected chi connectivity index (χ4v) is 3.04. The number of carbonyl (C=O) groups is 2. The van der Waals surface area contributed by atoms with Gasteiger partial charge in [-0.25, -0.2) is 9.78 Å². The maximum absolute atomic E-state index is 12.4. The summed E-state index contributed by atoms with van der Waals surface area (Å²) in [6.07, 6.45) is 3.71. The number of hydrogen-bond donors (Lipinski definition) is 2. The van der Waals surface area contributed by atoms with Gasteiger partial charge in [0, 0.05) is 6.20 Å². The highest BCUT2D eigenvalue weighted by atomic mass is 32.1. The number of rotatable bonds is 7. The molecule has 23 heavy (non-hydrogen) atoms. The number of pyridine rings is 1. The molecule has 0 spiro atoms. The monoisotopic (exact) mass is 333 g/mol. The molecule has 2 heterocycles. The van der Waals surface area contributed by atoms with Crippen LogP contribution in [0.4, 0.5) is 0 Å². The third-order valence-corrected chi connectivity index (χ3v) is 4.52. The molecule has 0 aromatic carbocycles. The molecular weight excluding hydrogens is 314 g/mol. The molecule has 7 heteroatoms. The van der Waals surface area contributed by atoms with Gasteiger partial charge < -0.3 is 10.4 Å². The highest BCUT2D eigenvalue weighted by Crippen LogP contribution is 2.26. The molecule has 1 unspecified atom stereocenters. The van der Waals surface area contributed by atoms with Crippen molar-refractivity contribution in [2.75, 3.05) is 0 Å². The smallest absolute Gasteiger partial charge is 0.326 e. The van der Waals surface area contributed by atoms with Gasteiger partial charge in [0.25, 0.3) is 5.91 Å². The Balaban J connectivity index is 2.16. The van der Waals surface area contributed by atoms with E-state index in [1.807, 2.05) is 25.1 Å². The molecule has 6 nitrogen and oxygen atoms in total. The summed E-state index contributed by atoms with van der Waals surface area (Å²) in [6, 6.07) is 4.61. The average molecular weight is 333 g/mol. The number of aryl methyl sites for hydroxylation is 1. The van der Waals surface area contributed by atoms with E-state index in [9.17, 15) is 14.7 Å². The van der Waals surface area contributed by atoms with Crippen LogP contribution in [0.25, 0.3) is 10.7 Å². The van der Waals surface area contributed by atoms with Crippen molar-refractivity contribution in [3.8, 4) is 10.7 Å². The van der Waals surface area contributed by atoms with Crippen LogP contribution in [-0.2, 0) is 4.79 Å². The number of unbranched alkanes of at least 4 members (excludes halogenated alkanes) is 1. The highest BCUT2D eigenvalue weighted by Gasteiger charge is 2.23. The molecule has 122 valence electrons. The van der Waals surface area contributed by atoms with Crippen LogP contribution >= 0.6 is 11.3 Å². The second-order valence-corrected chi connectivity index (χ2v) is 6.15. The lowest BCUT2D eigenvalue weighted by Gasteiger charge is -2.13. The number of aliphatic carboxylic acids is 1. The fourth-order valence-electron chi connectivity index (χ4n) is 2.10. The zero-order valence-corrected chi connectivity index (χ0v) is 13.9. The standard InChI is InChI=1S/C16H19N3O3S/c1-3-4-7-12(16(21)22)19-14(20)13-10(2)18-15(23-13)11-8-5-6-9-17-11/h5-6,8-9,12H,3-4,7H2,1-2H3,(H,19,20)(H,21,22). The van der Waals surface area contributed by atoms with Gasteiger partial charge in [-0.05, 0) is 25.5 Å². The van der Waals surface area contributed by atoms with Gasteiger partial charge in [-0.2, -0.15) is 0 Å². The summed E-state index contributed by atoms with van der Waals surface area (Å²) >= 11 is 1.22. The first-order valence-electron chi connectivity index (χ1n) is 7.45. The maximum atomic E-state index is 12.4. The first-order valence-corrected chi connectivity index (χ1v) is 8.27. The zero-order chi connectivity index (χ0) is 16.8. The van der Waals surface area contributed by atoms with Gasteiger partial charge in [-0.15, -0.1) is 11.3 Å². The maximum Gasteiger partial charge on any atom is 0.326 e. The van der Waals surface area contributed by atoms with Crippen LogP contribution in [-0.4, -0.2) is 33.0 Å². The molecule has 2 aromatic rings. The quantitative estimate of drug-likeness (QED) is 0.813. The predicted molar refractivity (Wildman–Crippen MR) is 88.5 cm³/mol. The minimum absolute atomic E-state index is 0.398. The summed E-state index contributed by atoms with van der Waals surface area (Å²) < 4.78 is 0. The molecule has 2 aromatic heterocycles. The molecule has 0 saturated carbocycles. The van der Waals surface area contributed by atoms with Crippen LogP contribution in [0.3, 0.4) is 0 Å². The molecule has 2 N–H and O–H groups in total. The molecule has 0 bridgehead atoms. The van der Waals surface area contributed by atoms with Crippen molar-refractivity contribution in [3.05, 3.63) is 35.0 Å². The van der Waals surface area contributed by atoms with E-state index in [2.05, 4.69) is 15.3 Å². The van der Waals surface area contributed by atoms with Crippen LogP contribution in [0.15, 0.2) is 24.4 Å². The number of nitrogens with zero attached hydrogens (tertiary/aromatic N) is 2. The lowest BCUT2D eigenvalue weighted by molar-refractivity contribution is -0.139. The highest BCUT2D eigenvalue weighted by molar-refractivity contribution is 7.17. The first-order chi connectivity index (χ1) is 11.0. The number of nitrogens with one attached hydrogen (secondary N) is 1. The molecule has 0 aliphatic rings. The Labute approximate surface area is 138 Å². The molecule has 0 saturated heterocycles. The van der Waals surface area contributed by atoms with Crippen LogP contribution < -0.4 is 5.32 Å². The molecule has 2 rings (SSSR count). The predicted octanol–water partition coefficient (Wildman–Crippen LogP) is 2.89. The van der Waals surface area contributed by atoms with Crippen molar-refractivity contribution in [1.29, 1.82) is 0 Å². The third-order valence-electron chi connectivity index (χ3n) is 3.34. The van der Waals surface area contributed by atoms with E-state index in [0.717, 1.165) is 12.8 Å². The second kappa shape index (κ2) is 7.82. The number of carboxylic acids is 1. The van der Waals surface area contributed by atoms with Crippen LogP contribution in [0.2, 0.25) is 0 Å². The minimum Gasteiger partial charge on any atom is -0.480 e. The van der Waals surface area contributed by atoms with E-state index in [-0.39, 0.29) is 0 Å². The molecule has 0 fully saturated rings. The number of thiazole rings is 1. The van der Waals surface area contributed by atoms with Crippen LogP contribution in [0.5, 0.6) is 0 Å². The Kier molecular flexibility index (Phi) is 5.81. The van der Waals surface area contributed by atoms with Gasteiger partial charge in [0.15, 0.2) is 0 Å². The molecule has 1 amide bonds. The summed E-state index contributed by atoms with van der Waals surface area (Å²) in [7, 11) is 0. The largest absolute Gasteiger partial charge is 0.480 e. The lowest BCUT2D eigenvalue weighted by Crippen LogP contribution is -2.40. The van der Waals surface area contributed by atoms with Crippen molar-refractivity contribution in [3.63, 3.8) is 0 Å². The summed E-state index contributed by atoms with van der Waals surface area (Å²) in [4.78, 5) is 32.6. The third kappa shape index (κ3) is 4.35. The van der Waals surface area contributed by atoms with Crippen molar-refractivity contribution >= 4 is 23.2 Å². The van der Waals surface area contributed by atoms with Crippen LogP contribution in [0, 0.1) is 6.92 Å². The number of hydrogen-bond acceptors (Lipinski definition) is 5. The molecule has 0 aliphatic heterocycles. The van der Waals surface area contributed by atoms with Gasteiger partial charge in [0.05, 0.1) is 11.4 Å². The molecule has 0 aliphatic carbocycles. The van der Waals surface area contributed by atoms with E-state index in [1.54, 1.807) is 13.1 Å². The van der Waals surface area contributed by atoms with E-state index in [4.69, 9.17) is 0 Å². The SMILES string of the molecule is CCCCC(NC(=O)c1sc(-c2ccccn2)nc1C)C(=O)O. The Bertz CT molecular complexity index is 685. The molecule has 1 atom stereocenters. The Morgan fingerprint density at radius 3 is 2.78 bits per heavy atom. The number of carboxylic acid groups (broad SMARTS) is 1. The van der Waals surface area contributed by atoms with Crippen molar-refractivity contribution in [2.24, 2.45) is 0 Å². The van der Waals surface area contributed by atoms with E-state index in [1.165, 1.54) is 11.3 Å². The number of carbonyl (C=O) groups excluding carboxylic acids is 1. The van der Waals surface area contributed by atoms with E-state index >= 15 is 0 Å². The van der Waals surface area contributed by atoms with Gasteiger partial charge in [0.1, 0.15) is 15.9 Å². The van der Waals surface area contributed by atoms with Gasteiger partial charge in [-0.3, -0.25) is 9.78 Å². The van der Waals surface area contributed by atoms with Crippen molar-refractivity contribution in [1.82, 2.24) is 15.3 Å². The number of amides is 1. The van der Waals surface area contributed by atoms with Crippen LogP contribution in [0.1, 0.15) is 41.6 Å². The minimum atomic E-state index is -1.01. The fraction of sp³-hybridized carbons (Fsp3) is 0.375.